The predicted octanol–water partition coefficient (Wildman–Crippen LogP) is 0.627. The maximum atomic E-state index is 11.2. The molecule has 15 heavy (non-hydrogen) atoms. The van der Waals surface area contributed by atoms with Crippen molar-refractivity contribution in [2.24, 2.45) is 5.84 Å². The molecule has 6 heteroatoms. The molecule has 0 unspecified atom stereocenters. The predicted molar refractivity (Wildman–Crippen MR) is 56.7 cm³/mol. The molecule has 3 N–H and O–H groups in total. The van der Waals surface area contributed by atoms with Gasteiger partial charge in [-0.2, -0.15) is 4.83 Å². The quantitative estimate of drug-likeness (QED) is 0.574. The normalized spacial score (nSPS) is 11.3. The van der Waals surface area contributed by atoms with E-state index in [2.05, 4.69) is 0 Å². The molecule has 0 amide bonds. The number of benzene rings is 1. The first kappa shape index (κ1) is 12.0. The summed E-state index contributed by atoms with van der Waals surface area (Å²) < 4.78 is 27.8. The molecular weight excluding hydrogens is 216 g/mol. The Kier molecular flexibility index (Phi) is 4.07. The number of nitrogens with one attached hydrogen (secondary N) is 1. The first-order chi connectivity index (χ1) is 7.10. The van der Waals surface area contributed by atoms with E-state index in [9.17, 15) is 8.42 Å². The van der Waals surface area contributed by atoms with Gasteiger partial charge in [-0.3, -0.25) is 5.84 Å². The van der Waals surface area contributed by atoms with Gasteiger partial charge in [-0.25, -0.2) is 8.42 Å². The molecule has 0 atom stereocenters. The van der Waals surface area contributed by atoms with Crippen LogP contribution in [0.5, 0.6) is 5.75 Å². The molecule has 0 fully saturated rings. The summed E-state index contributed by atoms with van der Waals surface area (Å²) in [5, 5.41) is 0. The minimum atomic E-state index is -3.56. The van der Waals surface area contributed by atoms with Crippen LogP contribution < -0.4 is 15.4 Å². The molecule has 84 valence electrons. The van der Waals surface area contributed by atoms with E-state index >= 15 is 0 Å². The summed E-state index contributed by atoms with van der Waals surface area (Å²) in [5.41, 5.74) is 0. The maximum absolute atomic E-state index is 11.2. The highest BCUT2D eigenvalue weighted by Gasteiger charge is 2.10. The second-order valence-corrected chi connectivity index (χ2v) is 4.66. The molecular formula is C9H14N2O3S. The highest BCUT2D eigenvalue weighted by Crippen LogP contribution is 2.15. The fraction of sp³-hybridized carbons (Fsp3) is 0.333. The molecule has 0 aliphatic rings. The van der Waals surface area contributed by atoms with Crippen LogP contribution in [-0.2, 0) is 10.0 Å². The largest absolute Gasteiger partial charge is 0.494 e. The lowest BCUT2D eigenvalue weighted by Crippen LogP contribution is -2.30. The molecule has 0 bridgehead atoms. The van der Waals surface area contributed by atoms with Crippen LogP contribution >= 0.6 is 0 Å². The average molecular weight is 230 g/mol. The first-order valence-corrected chi connectivity index (χ1v) is 6.03. The van der Waals surface area contributed by atoms with Crippen molar-refractivity contribution in [3.63, 3.8) is 0 Å². The topological polar surface area (TPSA) is 81.4 Å². The van der Waals surface area contributed by atoms with Crippen LogP contribution in [0.15, 0.2) is 29.2 Å². The van der Waals surface area contributed by atoms with Gasteiger partial charge in [0.15, 0.2) is 0 Å². The van der Waals surface area contributed by atoms with Gasteiger partial charge >= 0.3 is 0 Å². The molecule has 5 nitrogen and oxygen atoms in total. The van der Waals surface area contributed by atoms with Crippen LogP contribution in [0.2, 0.25) is 0 Å². The van der Waals surface area contributed by atoms with Crippen LogP contribution in [0.1, 0.15) is 13.3 Å². The standard InChI is InChI=1S/C9H14N2O3S/c1-2-7-14-8-3-5-9(6-4-8)15(12,13)11-10/h3-6,11H,2,7,10H2,1H3. The summed E-state index contributed by atoms with van der Waals surface area (Å²) in [5.74, 6) is 5.53. The Labute approximate surface area is 89.3 Å². The highest BCUT2D eigenvalue weighted by atomic mass is 32.2. The zero-order valence-corrected chi connectivity index (χ0v) is 9.25. The number of ether oxygens (including phenoxy) is 1. The molecule has 1 aromatic rings. The Morgan fingerprint density at radius 3 is 2.40 bits per heavy atom. The minimum absolute atomic E-state index is 0.119. The molecule has 0 aliphatic heterocycles. The smallest absolute Gasteiger partial charge is 0.253 e. The monoisotopic (exact) mass is 230 g/mol. The van der Waals surface area contributed by atoms with Gasteiger partial charge in [-0.1, -0.05) is 6.92 Å². The summed E-state index contributed by atoms with van der Waals surface area (Å²) in [7, 11) is -3.56. The van der Waals surface area contributed by atoms with Crippen molar-refractivity contribution in [1.82, 2.24) is 4.83 Å². The lowest BCUT2D eigenvalue weighted by atomic mass is 10.3. The van der Waals surface area contributed by atoms with E-state index in [0.29, 0.717) is 12.4 Å². The van der Waals surface area contributed by atoms with E-state index in [4.69, 9.17) is 10.6 Å². The van der Waals surface area contributed by atoms with Crippen molar-refractivity contribution in [3.8, 4) is 5.75 Å². The van der Waals surface area contributed by atoms with Crippen LogP contribution in [0, 0.1) is 0 Å². The summed E-state index contributed by atoms with van der Waals surface area (Å²) in [6.07, 6.45) is 0.907. The summed E-state index contributed by atoms with van der Waals surface area (Å²) >= 11 is 0. The minimum Gasteiger partial charge on any atom is -0.494 e. The Morgan fingerprint density at radius 1 is 1.33 bits per heavy atom. The summed E-state index contributed by atoms with van der Waals surface area (Å²) in [6.45, 7) is 2.61. The number of nitrogens with two attached hydrogens (primary N) is 1. The van der Waals surface area contributed by atoms with Crippen molar-refractivity contribution in [2.45, 2.75) is 18.2 Å². The molecule has 0 saturated heterocycles. The molecule has 1 aromatic carbocycles. The Bertz CT molecular complexity index is 400. The fourth-order valence-electron chi connectivity index (χ4n) is 1.00. The van der Waals surface area contributed by atoms with E-state index in [0.717, 1.165) is 6.42 Å². The third-order valence-electron chi connectivity index (χ3n) is 1.76. The van der Waals surface area contributed by atoms with Crippen LogP contribution in [0.25, 0.3) is 0 Å². The summed E-state index contributed by atoms with van der Waals surface area (Å²) in [6, 6.07) is 6.08. The number of sulfonamides is 1. The third kappa shape index (κ3) is 3.19. The van der Waals surface area contributed by atoms with Crippen molar-refractivity contribution in [1.29, 1.82) is 0 Å². The number of hydrogen-bond donors (Lipinski definition) is 2. The van der Waals surface area contributed by atoms with E-state index in [1.165, 1.54) is 12.1 Å². The number of rotatable bonds is 5. The zero-order chi connectivity index (χ0) is 11.3. The van der Waals surface area contributed by atoms with Gasteiger partial charge < -0.3 is 4.74 Å². The van der Waals surface area contributed by atoms with Crippen molar-refractivity contribution in [2.75, 3.05) is 6.61 Å². The SMILES string of the molecule is CCCOc1ccc(S(=O)(=O)NN)cc1. The number of hydrogen-bond acceptors (Lipinski definition) is 4. The number of hydrazine groups is 1. The van der Waals surface area contributed by atoms with Gasteiger partial charge in [0.2, 0.25) is 0 Å². The molecule has 0 saturated carbocycles. The molecule has 0 radical (unpaired) electrons. The molecule has 0 heterocycles. The Hall–Kier alpha value is -1.11. The van der Waals surface area contributed by atoms with Crippen molar-refractivity contribution < 1.29 is 13.2 Å². The third-order valence-corrected chi connectivity index (χ3v) is 2.97. The molecule has 0 spiro atoms. The molecule has 0 aromatic heterocycles. The van der Waals surface area contributed by atoms with Gasteiger partial charge in [0.25, 0.3) is 10.0 Å². The van der Waals surface area contributed by atoms with Crippen LogP contribution in [0.4, 0.5) is 0 Å². The lowest BCUT2D eigenvalue weighted by Gasteiger charge is -2.05. The van der Waals surface area contributed by atoms with Gasteiger partial charge in [0.05, 0.1) is 11.5 Å². The fourth-order valence-corrected chi connectivity index (χ4v) is 1.63. The van der Waals surface area contributed by atoms with E-state index < -0.39 is 10.0 Å². The van der Waals surface area contributed by atoms with E-state index in [1.54, 1.807) is 17.0 Å². The Morgan fingerprint density at radius 2 is 1.93 bits per heavy atom. The first-order valence-electron chi connectivity index (χ1n) is 4.55. The van der Waals surface area contributed by atoms with Crippen LogP contribution in [-0.4, -0.2) is 15.0 Å². The maximum Gasteiger partial charge on any atom is 0.253 e. The lowest BCUT2D eigenvalue weighted by molar-refractivity contribution is 0.317. The highest BCUT2D eigenvalue weighted by molar-refractivity contribution is 7.89. The Balaban J connectivity index is 2.81. The van der Waals surface area contributed by atoms with E-state index in [1.807, 2.05) is 6.92 Å². The van der Waals surface area contributed by atoms with Gasteiger partial charge in [0.1, 0.15) is 5.75 Å². The van der Waals surface area contributed by atoms with E-state index in [-0.39, 0.29) is 4.90 Å². The van der Waals surface area contributed by atoms with Gasteiger partial charge in [-0.05, 0) is 30.7 Å². The van der Waals surface area contributed by atoms with Crippen molar-refractivity contribution >= 4 is 10.0 Å². The van der Waals surface area contributed by atoms with Gasteiger partial charge in [0, 0.05) is 0 Å². The molecule has 1 rings (SSSR count). The zero-order valence-electron chi connectivity index (χ0n) is 8.43. The molecule has 0 aliphatic carbocycles. The van der Waals surface area contributed by atoms with Crippen LogP contribution in [0.3, 0.4) is 0 Å². The second kappa shape index (κ2) is 5.11. The summed E-state index contributed by atoms with van der Waals surface area (Å²) in [4.78, 5) is 1.87. The second-order valence-electron chi connectivity index (χ2n) is 2.94. The van der Waals surface area contributed by atoms with Gasteiger partial charge in [-0.15, -0.1) is 0 Å². The average Bonchev–Trinajstić information content (AvgIpc) is 2.27. The van der Waals surface area contributed by atoms with Crippen molar-refractivity contribution in [3.05, 3.63) is 24.3 Å².